The zero-order valence-electron chi connectivity index (χ0n) is 13.1. The smallest absolute Gasteiger partial charge is 0.261 e. The number of methoxy groups -OCH3 is 1. The number of nitrogens with zero attached hydrogens (tertiary/aromatic N) is 3. The Balaban J connectivity index is 1.84. The van der Waals surface area contributed by atoms with Crippen molar-refractivity contribution < 1.29 is 13.9 Å². The summed E-state index contributed by atoms with van der Waals surface area (Å²) < 4.78 is 25.1. The van der Waals surface area contributed by atoms with E-state index in [-0.39, 0.29) is 5.56 Å². The molecule has 24 heavy (non-hydrogen) atoms. The van der Waals surface area contributed by atoms with E-state index in [9.17, 15) is 9.18 Å². The first kappa shape index (κ1) is 16.1. The van der Waals surface area contributed by atoms with Crippen molar-refractivity contribution in [2.45, 2.75) is 6.54 Å². The molecule has 0 aliphatic rings. The van der Waals surface area contributed by atoms with Crippen molar-refractivity contribution >= 4 is 10.9 Å². The molecule has 3 aromatic rings. The van der Waals surface area contributed by atoms with E-state index in [4.69, 9.17) is 9.47 Å². The molecule has 0 bridgehead atoms. The predicted molar refractivity (Wildman–Crippen MR) is 86.7 cm³/mol. The van der Waals surface area contributed by atoms with Crippen LogP contribution in [0.1, 0.15) is 5.56 Å². The number of benzene rings is 1. The zero-order valence-corrected chi connectivity index (χ0v) is 13.1. The van der Waals surface area contributed by atoms with Crippen LogP contribution in [0.5, 0.6) is 5.88 Å². The van der Waals surface area contributed by atoms with Crippen molar-refractivity contribution in [2.75, 3.05) is 20.3 Å². The second-order valence-corrected chi connectivity index (χ2v) is 5.18. The lowest BCUT2D eigenvalue weighted by atomic mass is 10.2. The van der Waals surface area contributed by atoms with E-state index < -0.39 is 5.82 Å². The minimum atomic E-state index is -0.417. The van der Waals surface area contributed by atoms with Crippen molar-refractivity contribution in [1.29, 1.82) is 0 Å². The standard InChI is InChI=1S/C17H16FN3O3/c1-23-6-7-24-16-8-12(4-5-19-16)10-21-11-20-15-9-13(18)2-3-14(15)17(21)22/h2-5,8-9,11H,6-7,10H2,1H3. The Morgan fingerprint density at radius 2 is 2.04 bits per heavy atom. The maximum Gasteiger partial charge on any atom is 0.261 e. The molecule has 0 atom stereocenters. The van der Waals surface area contributed by atoms with Crippen molar-refractivity contribution in [2.24, 2.45) is 0 Å². The van der Waals surface area contributed by atoms with Crippen LogP contribution in [-0.4, -0.2) is 34.9 Å². The Bertz CT molecular complexity index is 911. The van der Waals surface area contributed by atoms with E-state index in [1.807, 2.05) is 0 Å². The molecule has 1 aromatic carbocycles. The Hall–Kier alpha value is -2.80. The molecule has 2 heterocycles. The van der Waals surface area contributed by atoms with Crippen LogP contribution in [0.2, 0.25) is 0 Å². The van der Waals surface area contributed by atoms with Crippen LogP contribution in [0.25, 0.3) is 10.9 Å². The third-order valence-corrected chi connectivity index (χ3v) is 3.48. The van der Waals surface area contributed by atoms with Gasteiger partial charge < -0.3 is 9.47 Å². The lowest BCUT2D eigenvalue weighted by molar-refractivity contribution is 0.143. The van der Waals surface area contributed by atoms with Crippen LogP contribution in [0, 0.1) is 5.82 Å². The molecule has 2 aromatic heterocycles. The summed E-state index contributed by atoms with van der Waals surface area (Å²) in [6, 6.07) is 7.50. The van der Waals surface area contributed by atoms with E-state index in [2.05, 4.69) is 9.97 Å². The normalized spacial score (nSPS) is 10.9. The lowest BCUT2D eigenvalue weighted by Crippen LogP contribution is -2.21. The third-order valence-electron chi connectivity index (χ3n) is 3.48. The van der Waals surface area contributed by atoms with Gasteiger partial charge in [-0.2, -0.15) is 0 Å². The van der Waals surface area contributed by atoms with Gasteiger partial charge in [-0.3, -0.25) is 9.36 Å². The summed E-state index contributed by atoms with van der Waals surface area (Å²) in [5, 5.41) is 0.379. The first-order valence-corrected chi connectivity index (χ1v) is 7.39. The van der Waals surface area contributed by atoms with E-state index in [1.165, 1.54) is 29.1 Å². The van der Waals surface area contributed by atoms with Gasteiger partial charge in [0.25, 0.3) is 5.56 Å². The van der Waals surface area contributed by atoms with Gasteiger partial charge in [0, 0.05) is 25.4 Å². The summed E-state index contributed by atoms with van der Waals surface area (Å²) in [5.41, 5.74) is 0.969. The van der Waals surface area contributed by atoms with Crippen LogP contribution in [0.15, 0.2) is 47.7 Å². The van der Waals surface area contributed by atoms with Crippen LogP contribution < -0.4 is 10.3 Å². The minimum absolute atomic E-state index is 0.223. The molecule has 0 aliphatic heterocycles. The summed E-state index contributed by atoms with van der Waals surface area (Å²) in [6.45, 7) is 1.19. The molecule has 0 saturated carbocycles. The average Bonchev–Trinajstić information content (AvgIpc) is 2.58. The molecule has 7 heteroatoms. The van der Waals surface area contributed by atoms with E-state index >= 15 is 0 Å². The molecular formula is C17H16FN3O3. The molecule has 0 aliphatic carbocycles. The molecule has 0 fully saturated rings. The van der Waals surface area contributed by atoms with Gasteiger partial charge in [0.1, 0.15) is 12.4 Å². The highest BCUT2D eigenvalue weighted by atomic mass is 19.1. The number of halogens is 1. The first-order chi connectivity index (χ1) is 11.7. The van der Waals surface area contributed by atoms with Crippen molar-refractivity contribution in [3.8, 4) is 5.88 Å². The Labute approximate surface area is 137 Å². The van der Waals surface area contributed by atoms with Crippen LogP contribution in [0.3, 0.4) is 0 Å². The van der Waals surface area contributed by atoms with Gasteiger partial charge in [-0.05, 0) is 23.8 Å². The Morgan fingerprint density at radius 3 is 2.88 bits per heavy atom. The zero-order chi connectivity index (χ0) is 16.9. The number of fused-ring (bicyclic) bond motifs is 1. The fourth-order valence-corrected chi connectivity index (χ4v) is 2.30. The molecular weight excluding hydrogens is 313 g/mol. The quantitative estimate of drug-likeness (QED) is 0.647. The van der Waals surface area contributed by atoms with Gasteiger partial charge in [0.2, 0.25) is 5.88 Å². The molecule has 6 nitrogen and oxygen atoms in total. The highest BCUT2D eigenvalue weighted by Gasteiger charge is 2.07. The molecule has 3 rings (SSSR count). The fourth-order valence-electron chi connectivity index (χ4n) is 2.30. The summed E-state index contributed by atoms with van der Waals surface area (Å²) in [6.07, 6.45) is 3.03. The van der Waals surface area contributed by atoms with Crippen molar-refractivity contribution in [1.82, 2.24) is 14.5 Å². The second-order valence-electron chi connectivity index (χ2n) is 5.18. The van der Waals surface area contributed by atoms with E-state index in [1.54, 1.807) is 25.4 Å². The average molecular weight is 329 g/mol. The van der Waals surface area contributed by atoms with Gasteiger partial charge in [-0.15, -0.1) is 0 Å². The number of aromatic nitrogens is 3. The molecule has 0 saturated heterocycles. The topological polar surface area (TPSA) is 66.2 Å². The van der Waals surface area contributed by atoms with E-state index in [0.29, 0.717) is 36.5 Å². The van der Waals surface area contributed by atoms with Crippen molar-refractivity contribution in [3.05, 3.63) is 64.6 Å². The van der Waals surface area contributed by atoms with Gasteiger partial charge in [-0.1, -0.05) is 0 Å². The first-order valence-electron chi connectivity index (χ1n) is 7.39. The van der Waals surface area contributed by atoms with E-state index in [0.717, 1.165) is 5.56 Å². The van der Waals surface area contributed by atoms with Crippen LogP contribution in [0.4, 0.5) is 4.39 Å². The number of hydrogen-bond acceptors (Lipinski definition) is 5. The second kappa shape index (κ2) is 7.18. The Kier molecular flexibility index (Phi) is 4.81. The number of hydrogen-bond donors (Lipinski definition) is 0. The lowest BCUT2D eigenvalue weighted by Gasteiger charge is -2.09. The maximum atomic E-state index is 13.2. The van der Waals surface area contributed by atoms with Crippen LogP contribution in [-0.2, 0) is 11.3 Å². The molecule has 0 unspecified atom stereocenters. The monoisotopic (exact) mass is 329 g/mol. The van der Waals surface area contributed by atoms with Gasteiger partial charge >= 0.3 is 0 Å². The third kappa shape index (κ3) is 3.57. The van der Waals surface area contributed by atoms with Gasteiger partial charge in [0.15, 0.2) is 0 Å². The summed E-state index contributed by atoms with van der Waals surface area (Å²) >= 11 is 0. The van der Waals surface area contributed by atoms with Gasteiger partial charge in [-0.25, -0.2) is 14.4 Å². The van der Waals surface area contributed by atoms with Crippen molar-refractivity contribution in [3.63, 3.8) is 0 Å². The summed E-state index contributed by atoms with van der Waals surface area (Å²) in [5.74, 6) is 0.0487. The molecule has 0 spiro atoms. The Morgan fingerprint density at radius 1 is 1.17 bits per heavy atom. The number of rotatable bonds is 6. The summed E-state index contributed by atoms with van der Waals surface area (Å²) in [4.78, 5) is 20.7. The number of pyridine rings is 1. The number of ether oxygens (including phenoxy) is 2. The maximum absolute atomic E-state index is 13.2. The van der Waals surface area contributed by atoms with Crippen LogP contribution >= 0.6 is 0 Å². The largest absolute Gasteiger partial charge is 0.475 e. The molecule has 0 amide bonds. The molecule has 0 N–H and O–H groups in total. The SMILES string of the molecule is COCCOc1cc(Cn2cnc3cc(F)ccc3c2=O)ccn1. The fraction of sp³-hybridized carbons (Fsp3) is 0.235. The highest BCUT2D eigenvalue weighted by molar-refractivity contribution is 5.77. The molecule has 0 radical (unpaired) electrons. The minimum Gasteiger partial charge on any atom is -0.475 e. The summed E-state index contributed by atoms with van der Waals surface area (Å²) in [7, 11) is 1.60. The highest BCUT2D eigenvalue weighted by Crippen LogP contribution is 2.12. The predicted octanol–water partition coefficient (Wildman–Crippen LogP) is 2.00. The molecule has 124 valence electrons. The van der Waals surface area contributed by atoms with Gasteiger partial charge in [0.05, 0.1) is 30.4 Å².